The number of aliphatic imine (C=N–C) groups is 2. The number of methoxy groups -OCH3 is 2. The average Bonchev–Trinajstić information content (AvgIpc) is 3.53. The van der Waals surface area contributed by atoms with Gasteiger partial charge in [0.2, 0.25) is 0 Å². The molecule has 0 aliphatic carbocycles. The fourth-order valence-electron chi connectivity index (χ4n) is 6.41. The first-order chi connectivity index (χ1) is 21.4. The lowest BCUT2D eigenvalue weighted by atomic mass is 10.1. The van der Waals surface area contributed by atoms with Crippen LogP contribution in [-0.2, 0) is 0 Å². The molecule has 0 saturated carbocycles. The number of fused-ring (bicyclic) bond motifs is 4. The molecule has 4 aliphatic heterocycles. The molecule has 4 atom stereocenters. The number of nitrogens with zero attached hydrogens (tertiary/aromatic N) is 4. The van der Waals surface area contributed by atoms with Gasteiger partial charge in [-0.1, -0.05) is 6.92 Å². The monoisotopic (exact) mass is 606 g/mol. The first-order valence-corrected chi connectivity index (χ1v) is 15.4. The Hall–Kier alpha value is -4.15. The predicted octanol–water partition coefficient (Wildman–Crippen LogP) is 5.56. The summed E-state index contributed by atoms with van der Waals surface area (Å²) in [6, 6.07) is 6.60. The maximum Gasteiger partial charge on any atom is 0.256 e. The van der Waals surface area contributed by atoms with Gasteiger partial charge in [-0.25, -0.2) is 4.39 Å². The van der Waals surface area contributed by atoms with E-state index in [1.165, 1.54) is 12.0 Å². The van der Waals surface area contributed by atoms with Crippen molar-refractivity contribution in [3.05, 3.63) is 35.4 Å². The summed E-state index contributed by atoms with van der Waals surface area (Å²) in [5.41, 5.74) is 2.05. The van der Waals surface area contributed by atoms with Crippen LogP contribution in [0.2, 0.25) is 0 Å². The second-order valence-corrected chi connectivity index (χ2v) is 11.9. The Balaban J connectivity index is 0.980. The van der Waals surface area contributed by atoms with E-state index in [4.69, 9.17) is 18.9 Å². The normalized spacial score (nSPS) is 23.5. The number of hydrogen-bond acceptors (Lipinski definition) is 8. The Labute approximate surface area is 256 Å². The quantitative estimate of drug-likeness (QED) is 0.311. The smallest absolute Gasteiger partial charge is 0.256 e. The van der Waals surface area contributed by atoms with Gasteiger partial charge in [0.1, 0.15) is 6.17 Å². The van der Waals surface area contributed by atoms with Gasteiger partial charge in [-0.2, -0.15) is 0 Å². The van der Waals surface area contributed by atoms with Crippen LogP contribution in [0.4, 0.5) is 15.8 Å². The highest BCUT2D eigenvalue weighted by Crippen LogP contribution is 2.40. The first-order valence-electron chi connectivity index (χ1n) is 15.4. The molecule has 44 heavy (non-hydrogen) atoms. The van der Waals surface area contributed by atoms with Gasteiger partial charge in [0.15, 0.2) is 23.0 Å². The fourth-order valence-corrected chi connectivity index (χ4v) is 6.41. The van der Waals surface area contributed by atoms with Gasteiger partial charge in [0.05, 0.1) is 68.6 Å². The van der Waals surface area contributed by atoms with E-state index in [0.29, 0.717) is 64.6 Å². The zero-order valence-corrected chi connectivity index (χ0v) is 25.5. The van der Waals surface area contributed by atoms with E-state index in [1.807, 2.05) is 11.1 Å². The Morgan fingerprint density at radius 2 is 1.23 bits per heavy atom. The van der Waals surface area contributed by atoms with Gasteiger partial charge in [-0.3, -0.25) is 19.6 Å². The molecule has 4 heterocycles. The molecule has 10 nitrogen and oxygen atoms in total. The van der Waals surface area contributed by atoms with Gasteiger partial charge in [0.25, 0.3) is 11.8 Å². The van der Waals surface area contributed by atoms with E-state index >= 15 is 0 Å². The molecule has 6 rings (SSSR count). The number of benzene rings is 2. The van der Waals surface area contributed by atoms with Crippen LogP contribution in [0.5, 0.6) is 23.0 Å². The third-order valence-corrected chi connectivity index (χ3v) is 8.72. The van der Waals surface area contributed by atoms with E-state index in [9.17, 15) is 14.0 Å². The number of carbonyl (C=O) groups excluding carboxylic acids is 2. The molecule has 4 aliphatic rings. The highest BCUT2D eigenvalue weighted by atomic mass is 19.1. The van der Waals surface area contributed by atoms with E-state index in [-0.39, 0.29) is 36.9 Å². The van der Waals surface area contributed by atoms with Crippen LogP contribution in [0.1, 0.15) is 66.2 Å². The zero-order chi connectivity index (χ0) is 30.8. The topological polar surface area (TPSA) is 102 Å². The Kier molecular flexibility index (Phi) is 8.72. The van der Waals surface area contributed by atoms with Crippen LogP contribution in [0.25, 0.3) is 0 Å². The number of unbranched alkanes of at least 4 members (excludes halogenated alkanes) is 3. The van der Waals surface area contributed by atoms with Crippen molar-refractivity contribution in [2.45, 2.75) is 63.7 Å². The van der Waals surface area contributed by atoms with Crippen molar-refractivity contribution in [1.29, 1.82) is 0 Å². The van der Waals surface area contributed by atoms with Gasteiger partial charge < -0.3 is 28.7 Å². The van der Waals surface area contributed by atoms with Crippen molar-refractivity contribution in [3.63, 3.8) is 0 Å². The minimum atomic E-state index is -1.03. The van der Waals surface area contributed by atoms with Crippen LogP contribution in [0, 0.1) is 5.92 Å². The average molecular weight is 607 g/mol. The maximum absolute atomic E-state index is 13.9. The molecule has 2 aromatic rings. The van der Waals surface area contributed by atoms with Crippen LogP contribution in [0.3, 0.4) is 0 Å². The minimum absolute atomic E-state index is 0.0137. The van der Waals surface area contributed by atoms with Crippen LogP contribution in [-0.4, -0.2) is 92.8 Å². The van der Waals surface area contributed by atoms with E-state index in [2.05, 4.69) is 16.9 Å². The fraction of sp³-hybridized carbons (Fsp3) is 0.515. The molecule has 234 valence electrons. The number of amides is 2. The molecule has 0 N–H and O–H groups in total. The Morgan fingerprint density at radius 1 is 0.727 bits per heavy atom. The van der Waals surface area contributed by atoms with Crippen LogP contribution >= 0.6 is 0 Å². The molecule has 0 unspecified atom stereocenters. The Morgan fingerprint density at radius 3 is 1.75 bits per heavy atom. The summed E-state index contributed by atoms with van der Waals surface area (Å²) in [6.45, 7) is 3.95. The van der Waals surface area contributed by atoms with E-state index in [0.717, 1.165) is 38.6 Å². The van der Waals surface area contributed by atoms with E-state index < -0.39 is 6.17 Å². The van der Waals surface area contributed by atoms with Crippen molar-refractivity contribution >= 4 is 35.6 Å². The van der Waals surface area contributed by atoms with E-state index in [1.54, 1.807) is 37.6 Å². The molecule has 2 fully saturated rings. The summed E-state index contributed by atoms with van der Waals surface area (Å²) in [7, 11) is 3.11. The lowest BCUT2D eigenvalue weighted by Crippen LogP contribution is -2.35. The minimum Gasteiger partial charge on any atom is -0.493 e. The summed E-state index contributed by atoms with van der Waals surface area (Å²) in [5, 5.41) is 0. The number of carbonyl (C=O) groups is 2. The maximum atomic E-state index is 13.9. The van der Waals surface area contributed by atoms with Crippen LogP contribution < -0.4 is 18.9 Å². The largest absolute Gasteiger partial charge is 0.493 e. The third-order valence-electron chi connectivity index (χ3n) is 8.72. The highest BCUT2D eigenvalue weighted by Gasteiger charge is 2.38. The standard InChI is InChI=1S/C33H39FN4O6/c1-20-10-22-16-35-26-14-30(28(41-2)12-24(26)32(39)37(22)18-20)43-8-6-4-5-7-9-44-31-15-27-25(13-29(31)42-3)33(40)38-19-21(34)11-23(38)17-36-27/h12-17,20-23H,4-11,18-19H2,1-3H3/t20-,21-,22-,23-/m0/s1. The molecular weight excluding hydrogens is 567 g/mol. The molecule has 0 aromatic heterocycles. The zero-order valence-electron chi connectivity index (χ0n) is 25.5. The molecule has 2 amide bonds. The first kappa shape index (κ1) is 29.9. The van der Waals surface area contributed by atoms with Crippen molar-refractivity contribution in [1.82, 2.24) is 9.80 Å². The van der Waals surface area contributed by atoms with Gasteiger partial charge in [-0.05, 0) is 50.2 Å². The highest BCUT2D eigenvalue weighted by molar-refractivity contribution is 6.04. The lowest BCUT2D eigenvalue weighted by molar-refractivity contribution is 0.0760. The SMILES string of the molecule is COc1cc2c(cc1OCCCCCCOc1cc3c(cc1OC)C(=O)N1C[C@@H](F)C[C@H]1C=N3)N=C[C@@H]1C[C@H](C)CN1C2=O. The molecule has 0 spiro atoms. The lowest BCUT2D eigenvalue weighted by Gasteiger charge is -2.20. The van der Waals surface area contributed by atoms with Gasteiger partial charge >= 0.3 is 0 Å². The van der Waals surface area contributed by atoms with Gasteiger partial charge in [0, 0.05) is 37.5 Å². The number of rotatable bonds is 11. The summed E-state index contributed by atoms with van der Waals surface area (Å²) >= 11 is 0. The molecule has 0 bridgehead atoms. The number of halogens is 1. The Bertz CT molecular complexity index is 1370. The summed E-state index contributed by atoms with van der Waals surface area (Å²) in [5.74, 6) is 2.28. The predicted molar refractivity (Wildman–Crippen MR) is 165 cm³/mol. The third kappa shape index (κ3) is 5.96. The van der Waals surface area contributed by atoms with Crippen molar-refractivity contribution < 1.29 is 32.9 Å². The summed E-state index contributed by atoms with van der Waals surface area (Å²) < 4.78 is 37.0. The second kappa shape index (κ2) is 12.8. The van der Waals surface area contributed by atoms with Crippen molar-refractivity contribution in [2.75, 3.05) is 40.5 Å². The molecular formula is C33H39FN4O6. The number of hydrogen-bond donors (Lipinski definition) is 0. The number of ether oxygens (including phenoxy) is 4. The second-order valence-electron chi connectivity index (χ2n) is 11.9. The molecule has 2 saturated heterocycles. The van der Waals surface area contributed by atoms with Crippen molar-refractivity contribution in [2.24, 2.45) is 15.9 Å². The summed E-state index contributed by atoms with van der Waals surface area (Å²) in [6.07, 6.45) is 7.23. The van der Waals surface area contributed by atoms with Crippen molar-refractivity contribution in [3.8, 4) is 23.0 Å². The van der Waals surface area contributed by atoms with Crippen LogP contribution in [0.15, 0.2) is 34.3 Å². The summed E-state index contributed by atoms with van der Waals surface area (Å²) in [4.78, 5) is 38.8. The molecule has 11 heteroatoms. The number of alkyl halides is 1. The molecule has 2 aromatic carbocycles. The van der Waals surface area contributed by atoms with Gasteiger partial charge in [-0.15, -0.1) is 0 Å². The molecule has 0 radical (unpaired) electrons.